The van der Waals surface area contributed by atoms with Gasteiger partial charge in [0.2, 0.25) is 0 Å². The Hall–Kier alpha value is -1.38. The lowest BCUT2D eigenvalue weighted by atomic mass is 9.85. The molecule has 0 aliphatic heterocycles. The van der Waals surface area contributed by atoms with Crippen molar-refractivity contribution in [3.63, 3.8) is 0 Å². The van der Waals surface area contributed by atoms with Gasteiger partial charge in [0.15, 0.2) is 5.78 Å². The molecule has 0 aromatic carbocycles. The third-order valence-corrected chi connectivity index (χ3v) is 3.80. The molecule has 2 rings (SSSR count). The highest BCUT2D eigenvalue weighted by atomic mass is 16.1. The van der Waals surface area contributed by atoms with Gasteiger partial charge < -0.3 is 4.90 Å². The summed E-state index contributed by atoms with van der Waals surface area (Å²) < 4.78 is 0. The zero-order chi connectivity index (χ0) is 13.0. The van der Waals surface area contributed by atoms with Crippen LogP contribution >= 0.6 is 0 Å². The molecule has 1 fully saturated rings. The number of aromatic nitrogens is 1. The summed E-state index contributed by atoms with van der Waals surface area (Å²) >= 11 is 0. The van der Waals surface area contributed by atoms with Gasteiger partial charge in [-0.3, -0.25) is 9.78 Å². The lowest BCUT2D eigenvalue weighted by Crippen LogP contribution is -2.32. The molecule has 1 heterocycles. The fourth-order valence-corrected chi connectivity index (χ4v) is 2.32. The molecule has 0 radical (unpaired) electrons. The molecular weight excluding hydrogens is 224 g/mol. The predicted octanol–water partition coefficient (Wildman–Crippen LogP) is 3.30. The van der Waals surface area contributed by atoms with Crippen molar-refractivity contribution in [3.05, 3.63) is 24.0 Å². The third-order valence-electron chi connectivity index (χ3n) is 3.80. The van der Waals surface area contributed by atoms with Crippen molar-refractivity contribution in [1.29, 1.82) is 0 Å². The van der Waals surface area contributed by atoms with Gasteiger partial charge in [-0.1, -0.05) is 13.3 Å². The molecule has 1 aromatic heterocycles. The Morgan fingerprint density at radius 3 is 2.61 bits per heavy atom. The second kappa shape index (κ2) is 5.98. The highest BCUT2D eigenvalue weighted by Gasteiger charge is 2.20. The summed E-state index contributed by atoms with van der Waals surface area (Å²) in [6.07, 6.45) is 6.45. The first-order chi connectivity index (χ1) is 8.74. The Balaban J connectivity index is 2.03. The Kier molecular flexibility index (Phi) is 4.34. The lowest BCUT2D eigenvalue weighted by Gasteiger charge is -2.33. The van der Waals surface area contributed by atoms with Crippen molar-refractivity contribution in [2.75, 3.05) is 18.0 Å². The summed E-state index contributed by atoms with van der Waals surface area (Å²) in [5.74, 6) is 0.963. The quantitative estimate of drug-likeness (QED) is 0.722. The first kappa shape index (κ1) is 13.1. The molecule has 0 N–H and O–H groups in total. The van der Waals surface area contributed by atoms with Crippen LogP contribution in [0.25, 0.3) is 0 Å². The van der Waals surface area contributed by atoms with Crippen LogP contribution in [0.4, 0.5) is 5.69 Å². The SMILES string of the molecule is CCC(=O)c1ccc(N(CC)CC2CCC2)cn1. The standard InChI is InChI=1S/C15H22N2O/c1-3-15(18)14-9-8-13(10-16-14)17(4-2)11-12-6-5-7-12/h8-10,12H,3-7,11H2,1-2H3. The number of carbonyl (C=O) groups excluding carboxylic acids is 1. The van der Waals surface area contributed by atoms with Gasteiger partial charge in [-0.2, -0.15) is 0 Å². The van der Waals surface area contributed by atoms with Crippen LogP contribution in [0.5, 0.6) is 0 Å². The van der Waals surface area contributed by atoms with Crippen molar-refractivity contribution in [2.24, 2.45) is 5.92 Å². The maximum atomic E-state index is 11.5. The molecule has 1 saturated carbocycles. The summed E-state index contributed by atoms with van der Waals surface area (Å²) in [5, 5.41) is 0. The molecule has 3 heteroatoms. The number of nitrogens with zero attached hydrogens (tertiary/aromatic N) is 2. The monoisotopic (exact) mass is 246 g/mol. The van der Waals surface area contributed by atoms with Gasteiger partial charge >= 0.3 is 0 Å². The summed E-state index contributed by atoms with van der Waals surface area (Å²) in [6.45, 7) is 6.16. The van der Waals surface area contributed by atoms with Crippen LogP contribution < -0.4 is 4.90 Å². The second-order valence-electron chi connectivity index (χ2n) is 5.01. The summed E-state index contributed by atoms with van der Waals surface area (Å²) in [7, 11) is 0. The van der Waals surface area contributed by atoms with E-state index >= 15 is 0 Å². The third kappa shape index (κ3) is 2.89. The largest absolute Gasteiger partial charge is 0.370 e. The van der Waals surface area contributed by atoms with Crippen molar-refractivity contribution in [2.45, 2.75) is 39.5 Å². The number of hydrogen-bond donors (Lipinski definition) is 0. The summed E-state index contributed by atoms with van der Waals surface area (Å²) in [5.41, 5.74) is 1.72. The number of anilines is 1. The van der Waals surface area contributed by atoms with E-state index in [1.165, 1.54) is 19.3 Å². The molecule has 0 spiro atoms. The van der Waals surface area contributed by atoms with Gasteiger partial charge in [-0.15, -0.1) is 0 Å². The minimum absolute atomic E-state index is 0.114. The van der Waals surface area contributed by atoms with E-state index in [1.54, 1.807) is 0 Å². The van der Waals surface area contributed by atoms with Crippen molar-refractivity contribution in [1.82, 2.24) is 4.98 Å². The smallest absolute Gasteiger partial charge is 0.180 e. The van der Waals surface area contributed by atoms with Crippen LogP contribution in [0.1, 0.15) is 50.0 Å². The highest BCUT2D eigenvalue weighted by molar-refractivity contribution is 5.94. The molecule has 1 aliphatic rings. The first-order valence-electron chi connectivity index (χ1n) is 6.98. The lowest BCUT2D eigenvalue weighted by molar-refractivity contribution is 0.0983. The van der Waals surface area contributed by atoms with Crippen molar-refractivity contribution >= 4 is 11.5 Å². The van der Waals surface area contributed by atoms with Gasteiger partial charge in [0, 0.05) is 19.5 Å². The van der Waals surface area contributed by atoms with E-state index in [-0.39, 0.29) is 5.78 Å². The maximum absolute atomic E-state index is 11.5. The fraction of sp³-hybridized carbons (Fsp3) is 0.600. The Labute approximate surface area is 109 Å². The van der Waals surface area contributed by atoms with E-state index in [0.29, 0.717) is 12.1 Å². The molecule has 0 atom stereocenters. The summed E-state index contributed by atoms with van der Waals surface area (Å²) in [4.78, 5) is 18.2. The Morgan fingerprint density at radius 2 is 2.17 bits per heavy atom. The molecule has 0 unspecified atom stereocenters. The zero-order valence-corrected chi connectivity index (χ0v) is 11.4. The summed E-state index contributed by atoms with van der Waals surface area (Å²) in [6, 6.07) is 3.88. The van der Waals surface area contributed by atoms with Crippen LogP contribution in [0, 0.1) is 5.92 Å². The molecular formula is C15H22N2O. The number of carbonyl (C=O) groups is 1. The van der Waals surface area contributed by atoms with Crippen molar-refractivity contribution < 1.29 is 4.79 Å². The van der Waals surface area contributed by atoms with Crippen LogP contribution in [-0.2, 0) is 0 Å². The molecule has 1 aromatic rings. The average molecular weight is 246 g/mol. The van der Waals surface area contributed by atoms with Crippen LogP contribution in [-0.4, -0.2) is 23.9 Å². The van der Waals surface area contributed by atoms with E-state index in [4.69, 9.17) is 0 Å². The average Bonchev–Trinajstić information content (AvgIpc) is 2.37. The predicted molar refractivity (Wildman–Crippen MR) is 74.1 cm³/mol. The van der Waals surface area contributed by atoms with E-state index in [0.717, 1.165) is 24.7 Å². The fourth-order valence-electron chi connectivity index (χ4n) is 2.32. The number of hydrogen-bond acceptors (Lipinski definition) is 3. The van der Waals surface area contributed by atoms with Crippen LogP contribution in [0.2, 0.25) is 0 Å². The molecule has 3 nitrogen and oxygen atoms in total. The minimum Gasteiger partial charge on any atom is -0.370 e. The number of rotatable bonds is 6. The molecule has 18 heavy (non-hydrogen) atoms. The minimum atomic E-state index is 0.114. The second-order valence-corrected chi connectivity index (χ2v) is 5.01. The zero-order valence-electron chi connectivity index (χ0n) is 11.4. The van der Waals surface area contributed by atoms with E-state index in [9.17, 15) is 4.79 Å². The molecule has 0 saturated heterocycles. The number of pyridine rings is 1. The van der Waals surface area contributed by atoms with E-state index in [1.807, 2.05) is 25.3 Å². The van der Waals surface area contributed by atoms with Gasteiger partial charge in [0.05, 0.1) is 11.9 Å². The molecule has 1 aliphatic carbocycles. The van der Waals surface area contributed by atoms with E-state index < -0.39 is 0 Å². The van der Waals surface area contributed by atoms with Gasteiger partial charge in [-0.25, -0.2) is 0 Å². The normalized spacial score (nSPS) is 15.2. The molecule has 0 amide bonds. The van der Waals surface area contributed by atoms with Gasteiger partial charge in [0.25, 0.3) is 0 Å². The van der Waals surface area contributed by atoms with Gasteiger partial charge in [0.1, 0.15) is 5.69 Å². The molecule has 98 valence electrons. The van der Waals surface area contributed by atoms with Crippen molar-refractivity contribution in [3.8, 4) is 0 Å². The van der Waals surface area contributed by atoms with Crippen LogP contribution in [0.3, 0.4) is 0 Å². The van der Waals surface area contributed by atoms with Gasteiger partial charge in [-0.05, 0) is 37.8 Å². The Bertz CT molecular complexity index is 395. The maximum Gasteiger partial charge on any atom is 0.180 e. The topological polar surface area (TPSA) is 33.2 Å². The first-order valence-corrected chi connectivity index (χ1v) is 6.98. The Morgan fingerprint density at radius 1 is 1.39 bits per heavy atom. The number of Topliss-reactive ketones (excluding diaryl/α,β-unsaturated/α-hetero) is 1. The number of ketones is 1. The molecule has 0 bridgehead atoms. The van der Waals surface area contributed by atoms with E-state index in [2.05, 4.69) is 16.8 Å². The van der Waals surface area contributed by atoms with Crippen LogP contribution in [0.15, 0.2) is 18.3 Å². The highest BCUT2D eigenvalue weighted by Crippen LogP contribution is 2.28.